The average Bonchev–Trinajstić information content (AvgIpc) is 2.12. The summed E-state index contributed by atoms with van der Waals surface area (Å²) in [6, 6.07) is 0.678. The molecule has 0 bridgehead atoms. The smallest absolute Gasteiger partial charge is 0.0574 e. The Labute approximate surface area is 82.7 Å². The average molecular weight is 182 g/mol. The third kappa shape index (κ3) is 6.62. The molecular formula is C11H22N2. The minimum Gasteiger partial charge on any atom is -0.305 e. The molecule has 0 aliphatic heterocycles. The Hall–Kier alpha value is -0.520. The zero-order chi connectivity index (χ0) is 10.1. The third-order valence-corrected chi connectivity index (χ3v) is 2.33. The predicted molar refractivity (Wildman–Crippen MR) is 58.7 cm³/mol. The molecule has 0 aromatic carbocycles. The molecule has 1 N–H and O–H groups in total. The van der Waals surface area contributed by atoms with E-state index in [0.29, 0.717) is 12.6 Å². The second-order valence-electron chi connectivity index (χ2n) is 3.50. The first-order chi connectivity index (χ1) is 6.22. The van der Waals surface area contributed by atoms with Crippen molar-refractivity contribution in [3.05, 3.63) is 0 Å². The van der Waals surface area contributed by atoms with Crippen molar-refractivity contribution in [1.29, 1.82) is 0 Å². The van der Waals surface area contributed by atoms with Crippen LogP contribution in [0.2, 0.25) is 0 Å². The van der Waals surface area contributed by atoms with Gasteiger partial charge in [-0.15, -0.1) is 6.42 Å². The third-order valence-electron chi connectivity index (χ3n) is 2.33. The highest BCUT2D eigenvalue weighted by Crippen LogP contribution is 2.02. The van der Waals surface area contributed by atoms with Crippen molar-refractivity contribution in [3.63, 3.8) is 0 Å². The Morgan fingerprint density at radius 2 is 2.23 bits per heavy atom. The van der Waals surface area contributed by atoms with Crippen molar-refractivity contribution in [2.45, 2.75) is 32.7 Å². The molecule has 0 saturated heterocycles. The van der Waals surface area contributed by atoms with Crippen LogP contribution < -0.4 is 5.32 Å². The lowest BCUT2D eigenvalue weighted by Crippen LogP contribution is -2.35. The molecule has 0 aromatic heterocycles. The van der Waals surface area contributed by atoms with Crippen molar-refractivity contribution in [3.8, 4) is 12.3 Å². The van der Waals surface area contributed by atoms with Crippen LogP contribution in [-0.4, -0.2) is 37.6 Å². The van der Waals surface area contributed by atoms with E-state index in [-0.39, 0.29) is 0 Å². The molecule has 0 aromatic rings. The molecule has 1 unspecified atom stereocenters. The van der Waals surface area contributed by atoms with Gasteiger partial charge in [0.1, 0.15) is 0 Å². The fraction of sp³-hybridized carbons (Fsp3) is 0.818. The van der Waals surface area contributed by atoms with Gasteiger partial charge in [0.25, 0.3) is 0 Å². The lowest BCUT2D eigenvalue weighted by molar-refractivity contribution is 0.246. The molecule has 0 rings (SSSR count). The van der Waals surface area contributed by atoms with E-state index in [9.17, 15) is 0 Å². The SMILES string of the molecule is C#CCNCCN(C)C(C)CCC. The second-order valence-corrected chi connectivity index (χ2v) is 3.50. The van der Waals surface area contributed by atoms with Crippen LogP contribution >= 0.6 is 0 Å². The lowest BCUT2D eigenvalue weighted by Gasteiger charge is -2.24. The topological polar surface area (TPSA) is 15.3 Å². The Kier molecular flexibility index (Phi) is 7.77. The highest BCUT2D eigenvalue weighted by atomic mass is 15.1. The standard InChI is InChI=1S/C11H22N2/c1-5-7-11(3)13(4)10-9-12-8-6-2/h2,11-12H,5,7-10H2,1,3-4H3. The van der Waals surface area contributed by atoms with Crippen LogP contribution in [0.5, 0.6) is 0 Å². The zero-order valence-electron chi connectivity index (χ0n) is 9.14. The number of terminal acetylenes is 1. The van der Waals surface area contributed by atoms with Gasteiger partial charge in [0, 0.05) is 19.1 Å². The summed E-state index contributed by atoms with van der Waals surface area (Å²) in [5, 5.41) is 3.19. The minimum absolute atomic E-state index is 0.677. The largest absolute Gasteiger partial charge is 0.305 e. The molecule has 0 spiro atoms. The van der Waals surface area contributed by atoms with Crippen LogP contribution in [0.4, 0.5) is 0 Å². The van der Waals surface area contributed by atoms with Gasteiger partial charge in [-0.05, 0) is 20.4 Å². The van der Waals surface area contributed by atoms with Gasteiger partial charge in [0.15, 0.2) is 0 Å². The molecule has 0 aliphatic carbocycles. The molecule has 2 heteroatoms. The van der Waals surface area contributed by atoms with Crippen molar-refractivity contribution < 1.29 is 0 Å². The van der Waals surface area contributed by atoms with Gasteiger partial charge < -0.3 is 10.2 Å². The Morgan fingerprint density at radius 3 is 2.77 bits per heavy atom. The van der Waals surface area contributed by atoms with Crippen LogP contribution in [0.15, 0.2) is 0 Å². The fourth-order valence-corrected chi connectivity index (χ4v) is 1.27. The number of hydrogen-bond acceptors (Lipinski definition) is 2. The van der Waals surface area contributed by atoms with Crippen molar-refractivity contribution in [1.82, 2.24) is 10.2 Å². The maximum absolute atomic E-state index is 5.13. The maximum Gasteiger partial charge on any atom is 0.0574 e. The molecule has 0 aliphatic rings. The van der Waals surface area contributed by atoms with Gasteiger partial charge in [-0.1, -0.05) is 19.3 Å². The Balaban J connectivity index is 3.39. The van der Waals surface area contributed by atoms with E-state index in [2.05, 4.69) is 37.0 Å². The van der Waals surface area contributed by atoms with Gasteiger partial charge in [-0.3, -0.25) is 0 Å². The number of nitrogens with zero attached hydrogens (tertiary/aromatic N) is 1. The zero-order valence-corrected chi connectivity index (χ0v) is 9.14. The highest BCUT2D eigenvalue weighted by Gasteiger charge is 2.06. The van der Waals surface area contributed by atoms with Gasteiger partial charge in [-0.25, -0.2) is 0 Å². The van der Waals surface area contributed by atoms with E-state index < -0.39 is 0 Å². The van der Waals surface area contributed by atoms with E-state index in [1.165, 1.54) is 12.8 Å². The minimum atomic E-state index is 0.677. The summed E-state index contributed by atoms with van der Waals surface area (Å²) in [4.78, 5) is 2.37. The van der Waals surface area contributed by atoms with Crippen molar-refractivity contribution >= 4 is 0 Å². The molecule has 0 saturated carbocycles. The Bertz CT molecular complexity index is 149. The molecule has 0 heterocycles. The maximum atomic E-state index is 5.13. The van der Waals surface area contributed by atoms with Crippen LogP contribution in [0, 0.1) is 12.3 Å². The van der Waals surface area contributed by atoms with E-state index in [1.807, 2.05) is 0 Å². The van der Waals surface area contributed by atoms with Crippen molar-refractivity contribution in [2.24, 2.45) is 0 Å². The molecule has 76 valence electrons. The monoisotopic (exact) mass is 182 g/mol. The number of nitrogens with one attached hydrogen (secondary N) is 1. The molecule has 1 atom stereocenters. The Morgan fingerprint density at radius 1 is 1.54 bits per heavy atom. The predicted octanol–water partition coefficient (Wildman–Crippen LogP) is 1.33. The summed E-state index contributed by atoms with van der Waals surface area (Å²) < 4.78 is 0. The van der Waals surface area contributed by atoms with Crippen LogP contribution in [0.3, 0.4) is 0 Å². The van der Waals surface area contributed by atoms with Gasteiger partial charge in [0.2, 0.25) is 0 Å². The lowest BCUT2D eigenvalue weighted by atomic mass is 10.2. The van der Waals surface area contributed by atoms with Gasteiger partial charge in [-0.2, -0.15) is 0 Å². The van der Waals surface area contributed by atoms with E-state index >= 15 is 0 Å². The van der Waals surface area contributed by atoms with Crippen molar-refractivity contribution in [2.75, 3.05) is 26.7 Å². The first-order valence-electron chi connectivity index (χ1n) is 5.06. The van der Waals surface area contributed by atoms with Gasteiger partial charge >= 0.3 is 0 Å². The summed E-state index contributed by atoms with van der Waals surface area (Å²) in [6.07, 6.45) is 7.65. The molecule has 0 radical (unpaired) electrons. The molecule has 13 heavy (non-hydrogen) atoms. The van der Waals surface area contributed by atoms with Gasteiger partial charge in [0.05, 0.1) is 6.54 Å². The normalized spacial score (nSPS) is 12.8. The number of likely N-dealkylation sites (N-methyl/N-ethyl adjacent to an activating group) is 1. The number of rotatable bonds is 7. The highest BCUT2D eigenvalue weighted by molar-refractivity contribution is 4.86. The quantitative estimate of drug-likeness (QED) is 0.472. The van der Waals surface area contributed by atoms with E-state index in [0.717, 1.165) is 13.1 Å². The van der Waals surface area contributed by atoms with E-state index in [4.69, 9.17) is 6.42 Å². The van der Waals surface area contributed by atoms with Crippen LogP contribution in [-0.2, 0) is 0 Å². The first kappa shape index (κ1) is 12.5. The first-order valence-corrected chi connectivity index (χ1v) is 5.06. The summed E-state index contributed by atoms with van der Waals surface area (Å²) in [7, 11) is 2.16. The van der Waals surface area contributed by atoms with Crippen LogP contribution in [0.25, 0.3) is 0 Å². The van der Waals surface area contributed by atoms with E-state index in [1.54, 1.807) is 0 Å². The summed E-state index contributed by atoms with van der Waals surface area (Å²) in [5.41, 5.74) is 0. The fourth-order valence-electron chi connectivity index (χ4n) is 1.27. The molecule has 2 nitrogen and oxygen atoms in total. The molecule has 0 fully saturated rings. The molecule has 0 amide bonds. The number of hydrogen-bond donors (Lipinski definition) is 1. The second kappa shape index (κ2) is 8.10. The summed E-state index contributed by atoms with van der Waals surface area (Å²) in [6.45, 7) is 7.22. The van der Waals surface area contributed by atoms with Crippen LogP contribution in [0.1, 0.15) is 26.7 Å². The summed E-state index contributed by atoms with van der Waals surface area (Å²) in [5.74, 6) is 2.57. The summed E-state index contributed by atoms with van der Waals surface area (Å²) >= 11 is 0. The molecular weight excluding hydrogens is 160 g/mol.